The summed E-state index contributed by atoms with van der Waals surface area (Å²) in [4.78, 5) is 37.5. The van der Waals surface area contributed by atoms with Crippen molar-refractivity contribution >= 4 is 45.0 Å². The second-order valence-corrected chi connectivity index (χ2v) is 7.54. The lowest BCUT2D eigenvalue weighted by Crippen LogP contribution is -2.21. The number of thiophene rings is 1. The first-order valence-electron chi connectivity index (χ1n) is 9.84. The molecule has 0 atom stereocenters. The van der Waals surface area contributed by atoms with Gasteiger partial charge >= 0.3 is 11.9 Å². The van der Waals surface area contributed by atoms with Gasteiger partial charge in [0.05, 0.1) is 18.8 Å². The number of esters is 2. The molecule has 8 heteroatoms. The van der Waals surface area contributed by atoms with Crippen LogP contribution in [0.2, 0.25) is 0 Å². The molecule has 2 aromatic carbocycles. The maximum absolute atomic E-state index is 12.6. The van der Waals surface area contributed by atoms with Gasteiger partial charge in [-0.3, -0.25) is 4.79 Å². The molecule has 0 aliphatic carbocycles. The van der Waals surface area contributed by atoms with Gasteiger partial charge in [0.2, 0.25) is 0 Å². The predicted octanol–water partition coefficient (Wildman–Crippen LogP) is 4.58. The number of anilines is 1. The summed E-state index contributed by atoms with van der Waals surface area (Å²) in [5, 5.41) is 4.79. The molecule has 3 rings (SSSR count). The molecule has 0 saturated carbocycles. The summed E-state index contributed by atoms with van der Waals surface area (Å²) in [5.41, 5.74) is 0.556. The van der Waals surface area contributed by atoms with Crippen molar-refractivity contribution in [2.45, 2.75) is 20.8 Å². The van der Waals surface area contributed by atoms with E-state index < -0.39 is 17.8 Å². The van der Waals surface area contributed by atoms with Crippen molar-refractivity contribution in [2.24, 2.45) is 0 Å². The van der Waals surface area contributed by atoms with Crippen LogP contribution < -0.4 is 10.1 Å². The molecule has 31 heavy (non-hydrogen) atoms. The average Bonchev–Trinajstić information content (AvgIpc) is 3.08. The lowest BCUT2D eigenvalue weighted by Gasteiger charge is -2.10. The molecule has 0 unspecified atom stereocenters. The number of hydrogen-bond donors (Lipinski definition) is 1. The summed E-state index contributed by atoms with van der Waals surface area (Å²) in [6.07, 6.45) is 0. The minimum absolute atomic E-state index is 0.147. The number of ether oxygens (including phenoxy) is 3. The Hall–Kier alpha value is -3.39. The zero-order valence-corrected chi connectivity index (χ0v) is 18.3. The molecule has 0 aliphatic rings. The van der Waals surface area contributed by atoms with E-state index in [4.69, 9.17) is 14.2 Å². The van der Waals surface area contributed by atoms with Crippen LogP contribution in [-0.2, 0) is 14.3 Å². The van der Waals surface area contributed by atoms with Gasteiger partial charge < -0.3 is 19.5 Å². The van der Waals surface area contributed by atoms with Crippen LogP contribution in [0.1, 0.15) is 39.4 Å². The Morgan fingerprint density at radius 1 is 0.935 bits per heavy atom. The van der Waals surface area contributed by atoms with Crippen LogP contribution in [0.25, 0.3) is 10.8 Å². The van der Waals surface area contributed by atoms with Gasteiger partial charge in [-0.1, -0.05) is 36.4 Å². The highest BCUT2D eigenvalue weighted by molar-refractivity contribution is 7.18. The van der Waals surface area contributed by atoms with Crippen LogP contribution in [0.3, 0.4) is 0 Å². The first kappa shape index (κ1) is 22.3. The monoisotopic (exact) mass is 441 g/mol. The summed E-state index contributed by atoms with van der Waals surface area (Å²) in [7, 11) is 0. The van der Waals surface area contributed by atoms with E-state index in [2.05, 4.69) is 5.32 Å². The van der Waals surface area contributed by atoms with Gasteiger partial charge in [-0.15, -0.1) is 11.3 Å². The quantitative estimate of drug-likeness (QED) is 0.515. The highest BCUT2D eigenvalue weighted by Gasteiger charge is 2.27. The summed E-state index contributed by atoms with van der Waals surface area (Å²) in [5.74, 6) is -1.05. The Morgan fingerprint density at radius 2 is 1.61 bits per heavy atom. The topological polar surface area (TPSA) is 90.9 Å². The fourth-order valence-electron chi connectivity index (χ4n) is 3.07. The Bertz CT molecular complexity index is 1120. The SMILES string of the molecule is CCOC(=O)c1sc(NC(=O)COc2cccc3ccccc23)c(C(=O)OCC)c1C. The second-order valence-electron chi connectivity index (χ2n) is 6.52. The summed E-state index contributed by atoms with van der Waals surface area (Å²) < 4.78 is 15.9. The van der Waals surface area contributed by atoms with Gasteiger partial charge in [0.25, 0.3) is 5.91 Å². The zero-order valence-electron chi connectivity index (χ0n) is 17.5. The largest absolute Gasteiger partial charge is 0.483 e. The number of hydrogen-bond acceptors (Lipinski definition) is 7. The molecule has 0 bridgehead atoms. The molecular formula is C23H23NO6S. The third-order valence-corrected chi connectivity index (χ3v) is 5.64. The Labute approximate surface area is 183 Å². The maximum Gasteiger partial charge on any atom is 0.348 e. The van der Waals surface area contributed by atoms with E-state index in [0.29, 0.717) is 11.3 Å². The number of rotatable bonds is 8. The average molecular weight is 442 g/mol. The van der Waals surface area contributed by atoms with Crippen LogP contribution in [0, 0.1) is 6.92 Å². The van der Waals surface area contributed by atoms with E-state index in [-0.39, 0.29) is 35.3 Å². The van der Waals surface area contributed by atoms with Crippen LogP contribution >= 0.6 is 11.3 Å². The molecule has 0 fully saturated rings. The fourth-order valence-corrected chi connectivity index (χ4v) is 4.17. The van der Waals surface area contributed by atoms with Crippen LogP contribution in [0.4, 0.5) is 5.00 Å². The standard InChI is InChI=1S/C23H23NO6S/c1-4-28-22(26)19-14(3)20(23(27)29-5-2)31-21(19)24-18(25)13-30-17-12-8-10-15-9-6-7-11-16(15)17/h6-12H,4-5,13H2,1-3H3,(H,24,25). The normalized spacial score (nSPS) is 10.5. The molecule has 0 aliphatic heterocycles. The molecule has 1 N–H and O–H groups in total. The van der Waals surface area contributed by atoms with Crippen LogP contribution in [0.15, 0.2) is 42.5 Å². The molecule has 1 heterocycles. The molecular weight excluding hydrogens is 418 g/mol. The summed E-state index contributed by atoms with van der Waals surface area (Å²) in [6.45, 7) is 5.10. The maximum atomic E-state index is 12.6. The van der Waals surface area contributed by atoms with Crippen molar-refractivity contribution in [3.8, 4) is 5.75 Å². The van der Waals surface area contributed by atoms with E-state index in [1.54, 1.807) is 26.8 Å². The number of carbonyl (C=O) groups is 3. The number of benzene rings is 2. The molecule has 0 saturated heterocycles. The van der Waals surface area contributed by atoms with Gasteiger partial charge in [0.15, 0.2) is 6.61 Å². The molecule has 1 amide bonds. The van der Waals surface area contributed by atoms with Gasteiger partial charge in [-0.25, -0.2) is 9.59 Å². The predicted molar refractivity (Wildman–Crippen MR) is 119 cm³/mol. The molecule has 162 valence electrons. The Balaban J connectivity index is 1.80. The van der Waals surface area contributed by atoms with E-state index in [1.165, 1.54) is 0 Å². The van der Waals surface area contributed by atoms with Crippen molar-refractivity contribution in [3.63, 3.8) is 0 Å². The van der Waals surface area contributed by atoms with Crippen molar-refractivity contribution < 1.29 is 28.6 Å². The van der Waals surface area contributed by atoms with Gasteiger partial charge in [0, 0.05) is 5.39 Å². The van der Waals surface area contributed by atoms with Gasteiger partial charge in [-0.2, -0.15) is 0 Å². The fraction of sp³-hybridized carbons (Fsp3) is 0.261. The van der Waals surface area contributed by atoms with Crippen molar-refractivity contribution in [3.05, 3.63) is 58.5 Å². The van der Waals surface area contributed by atoms with Crippen molar-refractivity contribution in [1.82, 2.24) is 0 Å². The van der Waals surface area contributed by atoms with E-state index in [9.17, 15) is 14.4 Å². The number of amides is 1. The smallest absolute Gasteiger partial charge is 0.348 e. The molecule has 0 spiro atoms. The van der Waals surface area contributed by atoms with E-state index in [1.807, 2.05) is 36.4 Å². The van der Waals surface area contributed by atoms with Crippen molar-refractivity contribution in [2.75, 3.05) is 25.1 Å². The molecule has 3 aromatic rings. The highest BCUT2D eigenvalue weighted by Crippen LogP contribution is 2.34. The minimum Gasteiger partial charge on any atom is -0.483 e. The number of nitrogens with one attached hydrogen (secondary N) is 1. The van der Waals surface area contributed by atoms with Crippen molar-refractivity contribution in [1.29, 1.82) is 0 Å². The van der Waals surface area contributed by atoms with E-state index in [0.717, 1.165) is 22.1 Å². The van der Waals surface area contributed by atoms with Gasteiger partial charge in [0.1, 0.15) is 15.6 Å². The second kappa shape index (κ2) is 10.1. The first-order valence-corrected chi connectivity index (χ1v) is 10.7. The van der Waals surface area contributed by atoms with E-state index >= 15 is 0 Å². The number of carbonyl (C=O) groups excluding carboxylic acids is 3. The summed E-state index contributed by atoms with van der Waals surface area (Å²) >= 11 is 0.978. The highest BCUT2D eigenvalue weighted by atomic mass is 32.1. The lowest BCUT2D eigenvalue weighted by atomic mass is 10.1. The Morgan fingerprint density at radius 3 is 2.35 bits per heavy atom. The minimum atomic E-state index is -0.614. The first-order chi connectivity index (χ1) is 15.0. The van der Waals surface area contributed by atoms with Crippen LogP contribution in [0.5, 0.6) is 5.75 Å². The van der Waals surface area contributed by atoms with Gasteiger partial charge in [-0.05, 0) is 37.8 Å². The third-order valence-electron chi connectivity index (χ3n) is 4.45. The molecule has 1 aromatic heterocycles. The zero-order chi connectivity index (χ0) is 22.4. The third kappa shape index (κ3) is 5.03. The molecule has 7 nitrogen and oxygen atoms in total. The molecule has 0 radical (unpaired) electrons. The Kier molecular flexibility index (Phi) is 7.25. The lowest BCUT2D eigenvalue weighted by molar-refractivity contribution is -0.118. The van der Waals surface area contributed by atoms with Crippen LogP contribution in [-0.4, -0.2) is 37.7 Å². The summed E-state index contributed by atoms with van der Waals surface area (Å²) in [6, 6.07) is 13.3. The number of fused-ring (bicyclic) bond motifs is 1.